The molecule has 1 fully saturated rings. The van der Waals surface area contributed by atoms with Crippen LogP contribution in [0.25, 0.3) is 10.4 Å². The molecule has 4 rings (SSSR count). The number of hydrogen-bond donors (Lipinski definition) is 2. The number of ether oxygens (including phenoxy) is 1. The minimum Gasteiger partial charge on any atom is -0.374 e. The second-order valence-corrected chi connectivity index (χ2v) is 8.02. The lowest BCUT2D eigenvalue weighted by Crippen LogP contribution is -2.47. The molecule has 0 aliphatic carbocycles. The maximum Gasteiger partial charge on any atom is 0.319 e. The highest BCUT2D eigenvalue weighted by molar-refractivity contribution is 7.13. The van der Waals surface area contributed by atoms with E-state index in [0.717, 1.165) is 35.8 Å². The van der Waals surface area contributed by atoms with Crippen LogP contribution >= 0.6 is 11.3 Å². The maximum atomic E-state index is 12.5. The van der Waals surface area contributed by atoms with Gasteiger partial charge in [0.05, 0.1) is 18.4 Å². The molecule has 2 heterocycles. The highest BCUT2D eigenvalue weighted by atomic mass is 32.1. The summed E-state index contributed by atoms with van der Waals surface area (Å²) < 4.78 is 5.85. The van der Waals surface area contributed by atoms with Gasteiger partial charge in [-0.05, 0) is 23.1 Å². The first-order valence-corrected chi connectivity index (χ1v) is 10.7. The predicted octanol–water partition coefficient (Wildman–Crippen LogP) is 4.44. The SMILES string of the molecule is O=C(NCC1CN(Cc2ccccc2)CCO1)Nc1ccccc1-c1cccs1. The Morgan fingerprint density at radius 1 is 1.07 bits per heavy atom. The Morgan fingerprint density at radius 2 is 1.90 bits per heavy atom. The molecular formula is C23H25N3O2S. The van der Waals surface area contributed by atoms with E-state index >= 15 is 0 Å². The average Bonchev–Trinajstić information content (AvgIpc) is 3.28. The van der Waals surface area contributed by atoms with Crippen LogP contribution < -0.4 is 10.6 Å². The monoisotopic (exact) mass is 407 g/mol. The second-order valence-electron chi connectivity index (χ2n) is 7.07. The third kappa shape index (κ3) is 5.44. The number of nitrogens with zero attached hydrogens (tertiary/aromatic N) is 1. The Labute approximate surface area is 175 Å². The normalized spacial score (nSPS) is 17.0. The lowest BCUT2D eigenvalue weighted by atomic mass is 10.1. The Balaban J connectivity index is 1.29. The first-order valence-electron chi connectivity index (χ1n) is 9.83. The molecule has 1 unspecified atom stereocenters. The van der Waals surface area contributed by atoms with Crippen LogP contribution in [0.4, 0.5) is 10.5 Å². The fourth-order valence-corrected chi connectivity index (χ4v) is 4.27. The molecule has 0 saturated carbocycles. The van der Waals surface area contributed by atoms with Crippen molar-refractivity contribution in [2.24, 2.45) is 0 Å². The highest BCUT2D eigenvalue weighted by Gasteiger charge is 2.21. The van der Waals surface area contributed by atoms with Gasteiger partial charge in [0, 0.05) is 36.6 Å². The molecule has 2 N–H and O–H groups in total. The van der Waals surface area contributed by atoms with Crippen molar-refractivity contribution < 1.29 is 9.53 Å². The molecule has 0 spiro atoms. The van der Waals surface area contributed by atoms with Crippen LogP contribution in [0.1, 0.15) is 5.56 Å². The molecule has 1 atom stereocenters. The van der Waals surface area contributed by atoms with Crippen molar-refractivity contribution in [2.75, 3.05) is 31.6 Å². The van der Waals surface area contributed by atoms with Gasteiger partial charge in [-0.1, -0.05) is 54.6 Å². The van der Waals surface area contributed by atoms with E-state index in [9.17, 15) is 4.79 Å². The van der Waals surface area contributed by atoms with E-state index in [0.29, 0.717) is 13.2 Å². The first kappa shape index (κ1) is 19.6. The van der Waals surface area contributed by atoms with Gasteiger partial charge < -0.3 is 15.4 Å². The van der Waals surface area contributed by atoms with Crippen molar-refractivity contribution in [1.29, 1.82) is 0 Å². The Hall–Kier alpha value is -2.67. The molecule has 29 heavy (non-hydrogen) atoms. The Bertz CT molecular complexity index is 915. The van der Waals surface area contributed by atoms with Crippen molar-refractivity contribution >= 4 is 23.1 Å². The molecule has 150 valence electrons. The van der Waals surface area contributed by atoms with Crippen molar-refractivity contribution in [1.82, 2.24) is 10.2 Å². The third-order valence-corrected chi connectivity index (χ3v) is 5.83. The van der Waals surface area contributed by atoms with E-state index in [4.69, 9.17) is 4.74 Å². The largest absolute Gasteiger partial charge is 0.374 e. The fourth-order valence-electron chi connectivity index (χ4n) is 3.50. The van der Waals surface area contributed by atoms with Gasteiger partial charge in [-0.2, -0.15) is 0 Å². The second kappa shape index (κ2) is 9.69. The molecule has 0 bridgehead atoms. The number of urea groups is 1. The molecular weight excluding hydrogens is 382 g/mol. The molecule has 1 aliphatic rings. The van der Waals surface area contributed by atoms with E-state index in [1.165, 1.54) is 5.56 Å². The maximum absolute atomic E-state index is 12.5. The van der Waals surface area contributed by atoms with Gasteiger partial charge in [0.2, 0.25) is 0 Å². The lowest BCUT2D eigenvalue weighted by molar-refractivity contribution is -0.0285. The number of amides is 2. The summed E-state index contributed by atoms with van der Waals surface area (Å²) in [7, 11) is 0. The smallest absolute Gasteiger partial charge is 0.319 e. The minimum atomic E-state index is -0.210. The number of carbonyl (C=O) groups is 1. The summed E-state index contributed by atoms with van der Waals surface area (Å²) in [5.74, 6) is 0. The molecule has 5 nitrogen and oxygen atoms in total. The number of thiophene rings is 1. The first-order chi connectivity index (χ1) is 14.3. The number of hydrogen-bond acceptors (Lipinski definition) is 4. The van der Waals surface area contributed by atoms with Crippen LogP contribution in [-0.2, 0) is 11.3 Å². The highest BCUT2D eigenvalue weighted by Crippen LogP contribution is 2.31. The van der Waals surface area contributed by atoms with Crippen LogP contribution in [0.5, 0.6) is 0 Å². The van der Waals surface area contributed by atoms with Crippen LogP contribution in [0.2, 0.25) is 0 Å². The molecule has 1 saturated heterocycles. The van der Waals surface area contributed by atoms with Gasteiger partial charge in [0.1, 0.15) is 0 Å². The van der Waals surface area contributed by atoms with E-state index in [2.05, 4.69) is 45.9 Å². The fraction of sp³-hybridized carbons (Fsp3) is 0.261. The average molecular weight is 408 g/mol. The summed E-state index contributed by atoms with van der Waals surface area (Å²) in [6.45, 7) is 3.79. The molecule has 2 aromatic carbocycles. The summed E-state index contributed by atoms with van der Waals surface area (Å²) in [6.07, 6.45) is -0.00856. The lowest BCUT2D eigenvalue weighted by Gasteiger charge is -2.33. The summed E-state index contributed by atoms with van der Waals surface area (Å²) in [5, 5.41) is 7.97. The number of carbonyl (C=O) groups excluding carboxylic acids is 1. The van der Waals surface area contributed by atoms with Gasteiger partial charge in [0.15, 0.2) is 0 Å². The summed E-state index contributed by atoms with van der Waals surface area (Å²) in [6, 6.07) is 22.2. The zero-order valence-corrected chi connectivity index (χ0v) is 17.0. The van der Waals surface area contributed by atoms with Gasteiger partial charge in [-0.15, -0.1) is 11.3 Å². The number of anilines is 1. The van der Waals surface area contributed by atoms with Crippen molar-refractivity contribution in [3.63, 3.8) is 0 Å². The van der Waals surface area contributed by atoms with Gasteiger partial charge in [0.25, 0.3) is 0 Å². The number of morpholine rings is 1. The minimum absolute atomic E-state index is 0.00856. The van der Waals surface area contributed by atoms with E-state index in [1.54, 1.807) is 11.3 Å². The summed E-state index contributed by atoms with van der Waals surface area (Å²) >= 11 is 1.66. The molecule has 1 aliphatic heterocycles. The quantitative estimate of drug-likeness (QED) is 0.635. The van der Waals surface area contributed by atoms with E-state index < -0.39 is 0 Å². The number of para-hydroxylation sites is 1. The predicted molar refractivity (Wildman–Crippen MR) is 118 cm³/mol. The van der Waals surface area contributed by atoms with Crippen LogP contribution in [-0.4, -0.2) is 43.3 Å². The van der Waals surface area contributed by atoms with Crippen molar-refractivity contribution in [2.45, 2.75) is 12.6 Å². The van der Waals surface area contributed by atoms with Crippen LogP contribution in [0, 0.1) is 0 Å². The van der Waals surface area contributed by atoms with E-state index in [-0.39, 0.29) is 12.1 Å². The standard InChI is InChI=1S/C23H25N3O2S/c27-23(25-21-10-5-4-9-20(21)22-11-6-14-29-22)24-15-19-17-26(12-13-28-19)16-18-7-2-1-3-8-18/h1-11,14,19H,12-13,15-17H2,(H2,24,25,27). The summed E-state index contributed by atoms with van der Waals surface area (Å²) in [4.78, 5) is 16.0. The van der Waals surface area contributed by atoms with Gasteiger partial charge in [-0.25, -0.2) is 4.79 Å². The van der Waals surface area contributed by atoms with Gasteiger partial charge >= 0.3 is 6.03 Å². The number of nitrogens with one attached hydrogen (secondary N) is 2. The summed E-state index contributed by atoms with van der Waals surface area (Å²) in [5.41, 5.74) is 3.13. The molecule has 2 amide bonds. The molecule has 6 heteroatoms. The topological polar surface area (TPSA) is 53.6 Å². The van der Waals surface area contributed by atoms with E-state index in [1.807, 2.05) is 41.8 Å². The van der Waals surface area contributed by atoms with Crippen molar-refractivity contribution in [3.8, 4) is 10.4 Å². The van der Waals surface area contributed by atoms with Crippen LogP contribution in [0.3, 0.4) is 0 Å². The van der Waals surface area contributed by atoms with Crippen molar-refractivity contribution in [3.05, 3.63) is 77.7 Å². The Morgan fingerprint density at radius 3 is 2.72 bits per heavy atom. The molecule has 3 aromatic rings. The number of rotatable bonds is 6. The van der Waals surface area contributed by atoms with Crippen LogP contribution in [0.15, 0.2) is 72.1 Å². The molecule has 1 aromatic heterocycles. The van der Waals surface area contributed by atoms with Gasteiger partial charge in [-0.3, -0.25) is 4.90 Å². The third-order valence-electron chi connectivity index (χ3n) is 4.92. The zero-order chi connectivity index (χ0) is 19.9. The molecule has 0 radical (unpaired) electrons. The Kier molecular flexibility index (Phi) is 6.56. The zero-order valence-electron chi connectivity index (χ0n) is 16.2. The number of benzene rings is 2.